The second-order valence-corrected chi connectivity index (χ2v) is 4.93. The van der Waals surface area contributed by atoms with Gasteiger partial charge in [0, 0.05) is 11.6 Å². The average Bonchev–Trinajstić information content (AvgIpc) is 2.52. The lowest BCUT2D eigenvalue weighted by atomic mass is 10.1. The Morgan fingerprint density at radius 1 is 1.13 bits per heavy atom. The van der Waals surface area contributed by atoms with Crippen molar-refractivity contribution in [1.29, 1.82) is 0 Å². The minimum atomic E-state index is -0.340. The van der Waals surface area contributed by atoms with E-state index in [1.807, 2.05) is 6.07 Å². The zero-order chi connectivity index (χ0) is 16.2. The number of nitrogens with two attached hydrogens (primary N) is 1. The van der Waals surface area contributed by atoms with E-state index >= 15 is 0 Å². The van der Waals surface area contributed by atoms with Crippen molar-refractivity contribution in [2.75, 3.05) is 5.73 Å². The highest BCUT2D eigenvalue weighted by atomic mass is 19.1. The van der Waals surface area contributed by atoms with Gasteiger partial charge in [-0.2, -0.15) is 0 Å². The fourth-order valence-electron chi connectivity index (χ4n) is 2.21. The molecular weight excluding hydrogens is 297 g/mol. The molecule has 0 saturated heterocycles. The fraction of sp³-hybridized carbons (Fsp3) is 0.0588. The zero-order valence-electron chi connectivity index (χ0n) is 12.1. The minimum absolute atomic E-state index is 0.0347. The first-order valence-electron chi connectivity index (χ1n) is 6.95. The van der Waals surface area contributed by atoms with Crippen LogP contribution in [0.5, 0.6) is 5.75 Å². The van der Waals surface area contributed by atoms with Gasteiger partial charge in [0.15, 0.2) is 0 Å². The summed E-state index contributed by atoms with van der Waals surface area (Å²) in [5, 5.41) is 0. The summed E-state index contributed by atoms with van der Waals surface area (Å²) < 4.78 is 19.0. The molecule has 1 aromatic heterocycles. The topological polar surface area (TPSA) is 81.0 Å². The van der Waals surface area contributed by atoms with Gasteiger partial charge in [-0.3, -0.25) is 9.78 Å². The third-order valence-corrected chi connectivity index (χ3v) is 3.21. The highest BCUT2D eigenvalue weighted by Gasteiger charge is 2.09. The van der Waals surface area contributed by atoms with Gasteiger partial charge in [-0.25, -0.2) is 9.37 Å². The second-order valence-electron chi connectivity index (χ2n) is 4.93. The van der Waals surface area contributed by atoms with Crippen LogP contribution in [0.4, 0.5) is 10.3 Å². The lowest BCUT2D eigenvalue weighted by molar-refractivity contribution is 0.307. The molecule has 0 saturated carbocycles. The van der Waals surface area contributed by atoms with Gasteiger partial charge in [-0.15, -0.1) is 0 Å². The van der Waals surface area contributed by atoms with Crippen molar-refractivity contribution in [3.63, 3.8) is 0 Å². The number of rotatable bonds is 4. The van der Waals surface area contributed by atoms with E-state index in [9.17, 15) is 9.18 Å². The van der Waals surface area contributed by atoms with Crippen LogP contribution in [0.15, 0.2) is 59.4 Å². The smallest absolute Gasteiger partial charge is 0.252 e. The van der Waals surface area contributed by atoms with Gasteiger partial charge < -0.3 is 10.5 Å². The minimum Gasteiger partial charge on any atom is -0.488 e. The van der Waals surface area contributed by atoms with Crippen LogP contribution in [-0.4, -0.2) is 9.97 Å². The number of aromatic nitrogens is 2. The molecule has 3 N–H and O–H groups in total. The molecule has 0 amide bonds. The molecule has 3 rings (SSSR count). The lowest BCUT2D eigenvalue weighted by Crippen LogP contribution is -2.10. The molecule has 0 unspecified atom stereocenters. The molecule has 23 heavy (non-hydrogen) atoms. The van der Waals surface area contributed by atoms with Crippen LogP contribution in [0.2, 0.25) is 0 Å². The lowest BCUT2D eigenvalue weighted by Gasteiger charge is -2.11. The number of aromatic amines is 1. The summed E-state index contributed by atoms with van der Waals surface area (Å²) in [5.74, 6) is 0.255. The maximum atomic E-state index is 13.2. The van der Waals surface area contributed by atoms with E-state index < -0.39 is 0 Å². The Hall–Kier alpha value is -3.15. The van der Waals surface area contributed by atoms with E-state index in [-0.39, 0.29) is 23.9 Å². The third-order valence-electron chi connectivity index (χ3n) is 3.21. The Bertz CT molecular complexity index is 893. The van der Waals surface area contributed by atoms with Crippen molar-refractivity contribution in [2.45, 2.75) is 6.61 Å². The Labute approximate surface area is 131 Å². The molecule has 0 spiro atoms. The first-order valence-corrected chi connectivity index (χ1v) is 6.95. The number of ether oxygens (including phenoxy) is 1. The molecule has 6 heteroatoms. The van der Waals surface area contributed by atoms with Crippen LogP contribution in [0.25, 0.3) is 11.3 Å². The maximum absolute atomic E-state index is 13.2. The number of anilines is 1. The maximum Gasteiger partial charge on any atom is 0.252 e. The molecule has 0 fully saturated rings. The number of benzene rings is 2. The number of nitrogens with one attached hydrogen (secondary N) is 1. The zero-order valence-corrected chi connectivity index (χ0v) is 12.1. The number of nitrogens with zero attached hydrogens (tertiary/aromatic N) is 1. The summed E-state index contributed by atoms with van der Waals surface area (Å²) in [5.41, 5.74) is 7.00. The standard InChI is InChI=1S/C17H14FN3O2/c18-12-5-3-4-11(8-12)10-23-15-7-2-1-6-13(15)14-9-16(22)21-17(19)20-14/h1-9H,10H2,(H3,19,20,21,22). The van der Waals surface area contributed by atoms with Gasteiger partial charge in [0.05, 0.1) is 5.69 Å². The van der Waals surface area contributed by atoms with Gasteiger partial charge >= 0.3 is 0 Å². The monoisotopic (exact) mass is 311 g/mol. The van der Waals surface area contributed by atoms with Gasteiger partial charge in [-0.05, 0) is 29.8 Å². The van der Waals surface area contributed by atoms with E-state index in [4.69, 9.17) is 10.5 Å². The molecule has 0 atom stereocenters. The second kappa shape index (κ2) is 6.31. The summed E-state index contributed by atoms with van der Waals surface area (Å²) in [6.07, 6.45) is 0. The average molecular weight is 311 g/mol. The van der Waals surface area contributed by atoms with E-state index in [1.165, 1.54) is 18.2 Å². The number of nitrogen functional groups attached to an aromatic ring is 1. The molecule has 0 aliphatic rings. The molecule has 5 nitrogen and oxygen atoms in total. The molecule has 0 aliphatic heterocycles. The number of hydrogen-bond acceptors (Lipinski definition) is 4. The molecule has 1 heterocycles. The van der Waals surface area contributed by atoms with Gasteiger partial charge in [0.2, 0.25) is 5.95 Å². The van der Waals surface area contributed by atoms with Crippen molar-refractivity contribution in [2.24, 2.45) is 0 Å². The van der Waals surface area contributed by atoms with Crippen molar-refractivity contribution >= 4 is 5.95 Å². The van der Waals surface area contributed by atoms with Crippen LogP contribution in [0.3, 0.4) is 0 Å². The number of halogens is 1. The predicted octanol–water partition coefficient (Wildman–Crippen LogP) is 2.74. The summed E-state index contributed by atoms with van der Waals surface area (Å²) in [6, 6.07) is 14.7. The number of H-pyrrole nitrogens is 1. The van der Waals surface area contributed by atoms with E-state index in [1.54, 1.807) is 30.3 Å². The molecule has 3 aromatic rings. The van der Waals surface area contributed by atoms with E-state index in [0.717, 1.165) is 0 Å². The van der Waals surface area contributed by atoms with E-state index in [0.29, 0.717) is 22.6 Å². The largest absolute Gasteiger partial charge is 0.488 e. The molecule has 0 bridgehead atoms. The molecular formula is C17H14FN3O2. The van der Waals surface area contributed by atoms with Crippen LogP contribution in [0, 0.1) is 5.82 Å². The molecule has 0 aliphatic carbocycles. The number of hydrogen-bond donors (Lipinski definition) is 2. The van der Waals surface area contributed by atoms with Crippen molar-refractivity contribution in [1.82, 2.24) is 9.97 Å². The van der Waals surface area contributed by atoms with Gasteiger partial charge in [-0.1, -0.05) is 24.3 Å². The Balaban J connectivity index is 1.90. The first kappa shape index (κ1) is 14.8. The molecule has 0 radical (unpaired) electrons. The van der Waals surface area contributed by atoms with Crippen molar-refractivity contribution in [3.05, 3.63) is 76.3 Å². The highest BCUT2D eigenvalue weighted by molar-refractivity contribution is 5.67. The SMILES string of the molecule is Nc1nc(-c2ccccc2OCc2cccc(F)c2)cc(=O)[nH]1. The summed E-state index contributed by atoms with van der Waals surface area (Å²) in [6.45, 7) is 0.202. The Kier molecular flexibility index (Phi) is 4.05. The summed E-state index contributed by atoms with van der Waals surface area (Å²) in [4.78, 5) is 18.1. The van der Waals surface area contributed by atoms with Crippen molar-refractivity contribution in [3.8, 4) is 17.0 Å². The number of para-hydroxylation sites is 1. The van der Waals surface area contributed by atoms with Gasteiger partial charge in [0.25, 0.3) is 5.56 Å². The Morgan fingerprint density at radius 3 is 2.74 bits per heavy atom. The third kappa shape index (κ3) is 3.55. The van der Waals surface area contributed by atoms with Crippen LogP contribution < -0.4 is 16.0 Å². The summed E-state index contributed by atoms with van der Waals surface area (Å²) in [7, 11) is 0. The first-order chi connectivity index (χ1) is 11.1. The Morgan fingerprint density at radius 2 is 1.96 bits per heavy atom. The van der Waals surface area contributed by atoms with E-state index in [2.05, 4.69) is 9.97 Å². The predicted molar refractivity (Wildman–Crippen MR) is 85.4 cm³/mol. The summed E-state index contributed by atoms with van der Waals surface area (Å²) >= 11 is 0. The van der Waals surface area contributed by atoms with Crippen LogP contribution >= 0.6 is 0 Å². The van der Waals surface area contributed by atoms with Crippen LogP contribution in [-0.2, 0) is 6.61 Å². The fourth-order valence-corrected chi connectivity index (χ4v) is 2.21. The molecule has 116 valence electrons. The highest BCUT2D eigenvalue weighted by Crippen LogP contribution is 2.28. The normalized spacial score (nSPS) is 10.5. The van der Waals surface area contributed by atoms with Crippen LogP contribution in [0.1, 0.15) is 5.56 Å². The van der Waals surface area contributed by atoms with Gasteiger partial charge in [0.1, 0.15) is 18.2 Å². The molecule has 2 aromatic carbocycles. The quantitative estimate of drug-likeness (QED) is 0.776. The van der Waals surface area contributed by atoms with Crippen molar-refractivity contribution < 1.29 is 9.13 Å².